The van der Waals surface area contributed by atoms with Crippen LogP contribution in [0.4, 0.5) is 5.69 Å². The van der Waals surface area contributed by atoms with Crippen molar-refractivity contribution >= 4 is 33.5 Å². The maximum Gasteiger partial charge on any atom is 0.303 e. The summed E-state index contributed by atoms with van der Waals surface area (Å²) in [7, 11) is 0. The van der Waals surface area contributed by atoms with Crippen LogP contribution in [0.15, 0.2) is 53.0 Å². The zero-order valence-electron chi connectivity index (χ0n) is 11.9. The minimum Gasteiger partial charge on any atom is -0.481 e. The number of halogens is 1. The van der Waals surface area contributed by atoms with Crippen molar-refractivity contribution in [3.05, 3.63) is 64.1 Å². The van der Waals surface area contributed by atoms with E-state index in [-0.39, 0.29) is 12.3 Å². The highest BCUT2D eigenvalue weighted by Crippen LogP contribution is 2.19. The van der Waals surface area contributed by atoms with Gasteiger partial charge < -0.3 is 10.4 Å². The Morgan fingerprint density at radius 3 is 2.41 bits per heavy atom. The van der Waals surface area contributed by atoms with Gasteiger partial charge >= 0.3 is 5.97 Å². The summed E-state index contributed by atoms with van der Waals surface area (Å²) in [4.78, 5) is 22.8. The minimum absolute atomic E-state index is 0.120. The highest BCUT2D eigenvalue weighted by molar-refractivity contribution is 9.10. The summed E-state index contributed by atoms with van der Waals surface area (Å²) >= 11 is 3.33. The van der Waals surface area contributed by atoms with Gasteiger partial charge in [-0.1, -0.05) is 34.1 Å². The summed E-state index contributed by atoms with van der Waals surface area (Å²) < 4.78 is 0.915. The lowest BCUT2D eigenvalue weighted by atomic mass is 10.1. The van der Waals surface area contributed by atoms with E-state index < -0.39 is 5.97 Å². The summed E-state index contributed by atoms with van der Waals surface area (Å²) in [6.45, 7) is 0. The molecule has 5 heteroatoms. The van der Waals surface area contributed by atoms with Gasteiger partial charge in [0.2, 0.25) is 0 Å². The van der Waals surface area contributed by atoms with E-state index in [2.05, 4.69) is 21.2 Å². The van der Waals surface area contributed by atoms with Gasteiger partial charge in [0.25, 0.3) is 5.91 Å². The van der Waals surface area contributed by atoms with Crippen molar-refractivity contribution in [1.29, 1.82) is 0 Å². The van der Waals surface area contributed by atoms with Crippen LogP contribution >= 0.6 is 15.9 Å². The Hall–Kier alpha value is -2.14. The average molecular weight is 362 g/mol. The van der Waals surface area contributed by atoms with Crippen molar-refractivity contribution in [3.63, 3.8) is 0 Å². The molecule has 0 heterocycles. The number of carbonyl (C=O) groups excluding carboxylic acids is 1. The third kappa shape index (κ3) is 4.70. The minimum atomic E-state index is -0.809. The van der Waals surface area contributed by atoms with Crippen LogP contribution in [-0.2, 0) is 11.2 Å². The Bertz CT molecular complexity index is 668. The van der Waals surface area contributed by atoms with Crippen molar-refractivity contribution in [2.45, 2.75) is 19.3 Å². The molecule has 2 N–H and O–H groups in total. The number of carbonyl (C=O) groups is 2. The van der Waals surface area contributed by atoms with E-state index in [1.807, 2.05) is 36.4 Å². The largest absolute Gasteiger partial charge is 0.481 e. The SMILES string of the molecule is O=C(O)CCCc1ccccc1NC(=O)c1ccc(Br)cc1. The molecule has 2 aromatic carbocycles. The molecule has 0 aliphatic rings. The van der Waals surface area contributed by atoms with Crippen LogP contribution in [0.1, 0.15) is 28.8 Å². The Kier molecular flexibility index (Phi) is 5.72. The highest BCUT2D eigenvalue weighted by atomic mass is 79.9. The molecular formula is C17H16BrNO3. The first kappa shape index (κ1) is 16.2. The van der Waals surface area contributed by atoms with E-state index in [0.29, 0.717) is 18.4 Å². The number of anilines is 1. The molecule has 1 amide bonds. The lowest BCUT2D eigenvalue weighted by molar-refractivity contribution is -0.137. The average Bonchev–Trinajstić information content (AvgIpc) is 2.49. The van der Waals surface area contributed by atoms with E-state index in [9.17, 15) is 9.59 Å². The first-order valence-electron chi connectivity index (χ1n) is 6.93. The normalized spacial score (nSPS) is 10.2. The van der Waals surface area contributed by atoms with Gasteiger partial charge in [0.1, 0.15) is 0 Å². The molecule has 4 nitrogen and oxygen atoms in total. The number of aliphatic carboxylic acids is 1. The number of hydrogen-bond donors (Lipinski definition) is 2. The van der Waals surface area contributed by atoms with Gasteiger partial charge in [-0.05, 0) is 48.7 Å². The third-order valence-corrected chi connectivity index (χ3v) is 3.74. The summed E-state index contributed by atoms with van der Waals surface area (Å²) in [6.07, 6.45) is 1.28. The molecule has 0 unspecified atom stereocenters. The molecule has 0 aromatic heterocycles. The summed E-state index contributed by atoms with van der Waals surface area (Å²) in [5.74, 6) is -0.991. The third-order valence-electron chi connectivity index (χ3n) is 3.21. The molecule has 0 atom stereocenters. The zero-order chi connectivity index (χ0) is 15.9. The second-order valence-electron chi connectivity index (χ2n) is 4.87. The lowest BCUT2D eigenvalue weighted by Gasteiger charge is -2.11. The van der Waals surface area contributed by atoms with E-state index in [4.69, 9.17) is 5.11 Å². The molecule has 2 rings (SSSR count). The number of benzene rings is 2. The Morgan fingerprint density at radius 2 is 1.73 bits per heavy atom. The highest BCUT2D eigenvalue weighted by Gasteiger charge is 2.09. The number of amides is 1. The summed E-state index contributed by atoms with van der Waals surface area (Å²) in [5, 5.41) is 11.6. The molecule has 114 valence electrons. The number of carboxylic acids is 1. The second-order valence-corrected chi connectivity index (χ2v) is 5.78. The topological polar surface area (TPSA) is 66.4 Å². The van der Waals surface area contributed by atoms with Gasteiger partial charge in [0.15, 0.2) is 0 Å². The van der Waals surface area contributed by atoms with Gasteiger partial charge in [-0.3, -0.25) is 9.59 Å². The van der Waals surface area contributed by atoms with Gasteiger partial charge in [0, 0.05) is 22.1 Å². The zero-order valence-corrected chi connectivity index (χ0v) is 13.5. The number of rotatable bonds is 6. The molecule has 22 heavy (non-hydrogen) atoms. The van der Waals surface area contributed by atoms with E-state index in [1.165, 1.54) is 0 Å². The molecule has 0 radical (unpaired) electrons. The fourth-order valence-electron chi connectivity index (χ4n) is 2.09. The van der Waals surface area contributed by atoms with E-state index in [1.54, 1.807) is 12.1 Å². The van der Waals surface area contributed by atoms with Crippen LogP contribution in [0.25, 0.3) is 0 Å². The van der Waals surface area contributed by atoms with Gasteiger partial charge in [-0.2, -0.15) is 0 Å². The first-order valence-corrected chi connectivity index (χ1v) is 7.72. The molecule has 2 aromatic rings. The van der Waals surface area contributed by atoms with E-state index >= 15 is 0 Å². The van der Waals surface area contributed by atoms with Gasteiger partial charge in [-0.15, -0.1) is 0 Å². The molecule has 0 bridgehead atoms. The monoisotopic (exact) mass is 361 g/mol. The fourth-order valence-corrected chi connectivity index (χ4v) is 2.35. The Labute approximate surface area is 137 Å². The predicted octanol–water partition coefficient (Wildman–Crippen LogP) is 4.11. The van der Waals surface area contributed by atoms with Crippen LogP contribution < -0.4 is 5.32 Å². The standard InChI is InChI=1S/C17H16BrNO3/c18-14-10-8-13(9-11-14)17(22)19-15-6-2-1-4-12(15)5-3-7-16(20)21/h1-2,4,6,8-11H,3,5,7H2,(H,19,22)(H,20,21). The molecular weight excluding hydrogens is 346 g/mol. The maximum atomic E-state index is 12.2. The number of aryl methyl sites for hydroxylation is 1. The molecule has 0 aliphatic carbocycles. The number of hydrogen-bond acceptors (Lipinski definition) is 2. The smallest absolute Gasteiger partial charge is 0.303 e. The molecule has 0 saturated carbocycles. The van der Waals surface area contributed by atoms with Crippen molar-refractivity contribution in [3.8, 4) is 0 Å². The predicted molar refractivity (Wildman–Crippen MR) is 89.1 cm³/mol. The van der Waals surface area contributed by atoms with Crippen LogP contribution in [0.3, 0.4) is 0 Å². The van der Waals surface area contributed by atoms with Crippen molar-refractivity contribution < 1.29 is 14.7 Å². The van der Waals surface area contributed by atoms with Crippen molar-refractivity contribution in [1.82, 2.24) is 0 Å². The Balaban J connectivity index is 2.07. The summed E-state index contributed by atoms with van der Waals surface area (Å²) in [5.41, 5.74) is 2.23. The van der Waals surface area contributed by atoms with Crippen molar-refractivity contribution in [2.75, 3.05) is 5.32 Å². The first-order chi connectivity index (χ1) is 10.6. The van der Waals surface area contributed by atoms with Crippen LogP contribution in [0.5, 0.6) is 0 Å². The van der Waals surface area contributed by atoms with Crippen LogP contribution in [0.2, 0.25) is 0 Å². The maximum absolute atomic E-state index is 12.2. The number of nitrogens with one attached hydrogen (secondary N) is 1. The van der Waals surface area contributed by atoms with Crippen LogP contribution in [-0.4, -0.2) is 17.0 Å². The fraction of sp³-hybridized carbons (Fsp3) is 0.176. The lowest BCUT2D eigenvalue weighted by Crippen LogP contribution is -2.13. The molecule has 0 fully saturated rings. The van der Waals surface area contributed by atoms with Gasteiger partial charge in [0.05, 0.1) is 0 Å². The Morgan fingerprint density at radius 1 is 1.05 bits per heavy atom. The number of carboxylic acid groups (broad SMARTS) is 1. The molecule has 0 spiro atoms. The van der Waals surface area contributed by atoms with E-state index in [0.717, 1.165) is 15.7 Å². The van der Waals surface area contributed by atoms with Gasteiger partial charge in [-0.25, -0.2) is 0 Å². The van der Waals surface area contributed by atoms with Crippen molar-refractivity contribution in [2.24, 2.45) is 0 Å². The molecule has 0 saturated heterocycles. The summed E-state index contributed by atoms with van der Waals surface area (Å²) in [6, 6.07) is 14.6. The van der Waals surface area contributed by atoms with Crippen LogP contribution in [0, 0.1) is 0 Å². The number of para-hydroxylation sites is 1. The second kappa shape index (κ2) is 7.75. The molecule has 0 aliphatic heterocycles. The quantitative estimate of drug-likeness (QED) is 0.813.